The summed E-state index contributed by atoms with van der Waals surface area (Å²) in [6, 6.07) is 3.68. The lowest BCUT2D eigenvalue weighted by Gasteiger charge is -2.19. The molecule has 17 heavy (non-hydrogen) atoms. The minimum absolute atomic E-state index is 0.0375. The summed E-state index contributed by atoms with van der Waals surface area (Å²) >= 11 is 0. The fraction of sp³-hybridized carbons (Fsp3) is 0.583. The molecular formula is C12H19N3O2. The van der Waals surface area contributed by atoms with E-state index in [4.69, 9.17) is 4.84 Å². The Hall–Kier alpha value is -1.65. The number of hydrogen-bond donors (Lipinski definition) is 0. The van der Waals surface area contributed by atoms with Crippen LogP contribution in [0.2, 0.25) is 0 Å². The molecule has 94 valence electrons. The van der Waals surface area contributed by atoms with Gasteiger partial charge in [-0.05, 0) is 12.1 Å². The highest BCUT2D eigenvalue weighted by atomic mass is 16.7. The van der Waals surface area contributed by atoms with Crippen LogP contribution >= 0.6 is 0 Å². The van der Waals surface area contributed by atoms with Crippen molar-refractivity contribution in [2.24, 2.45) is 0 Å². The monoisotopic (exact) mass is 237 g/mol. The van der Waals surface area contributed by atoms with E-state index < -0.39 is 0 Å². The number of rotatable bonds is 3. The van der Waals surface area contributed by atoms with Crippen molar-refractivity contribution in [3.63, 3.8) is 0 Å². The number of hydrogen-bond acceptors (Lipinski definition) is 5. The Morgan fingerprint density at radius 3 is 2.41 bits per heavy atom. The molecule has 0 saturated carbocycles. The highest BCUT2D eigenvalue weighted by molar-refractivity contribution is 5.70. The fourth-order valence-electron chi connectivity index (χ4n) is 1.16. The van der Waals surface area contributed by atoms with Gasteiger partial charge in [0.25, 0.3) is 0 Å². The van der Waals surface area contributed by atoms with Crippen LogP contribution in [0, 0.1) is 0 Å². The first kappa shape index (κ1) is 13.4. The number of hydroxylamine groups is 1. The van der Waals surface area contributed by atoms with E-state index in [0.717, 1.165) is 5.69 Å². The second-order valence-electron chi connectivity index (χ2n) is 4.84. The molecule has 0 spiro atoms. The van der Waals surface area contributed by atoms with Gasteiger partial charge in [-0.15, -0.1) is 5.10 Å². The number of nitrogens with zero attached hydrogens (tertiary/aromatic N) is 3. The summed E-state index contributed by atoms with van der Waals surface area (Å²) < 4.78 is 0. The van der Waals surface area contributed by atoms with Gasteiger partial charge in [0.1, 0.15) is 0 Å². The summed E-state index contributed by atoms with van der Waals surface area (Å²) in [7, 11) is 1.63. The highest BCUT2D eigenvalue weighted by Gasteiger charge is 2.16. The molecule has 0 amide bonds. The molecule has 5 nitrogen and oxygen atoms in total. The molecule has 0 aliphatic carbocycles. The number of carbonyl (C=O) groups excluding carboxylic acids is 1. The average molecular weight is 237 g/mol. The van der Waals surface area contributed by atoms with Gasteiger partial charge in [-0.1, -0.05) is 27.7 Å². The second-order valence-corrected chi connectivity index (χ2v) is 4.84. The van der Waals surface area contributed by atoms with E-state index in [1.54, 1.807) is 20.0 Å². The van der Waals surface area contributed by atoms with Crippen molar-refractivity contribution >= 4 is 11.8 Å². The molecule has 0 fully saturated rings. The van der Waals surface area contributed by atoms with Crippen molar-refractivity contribution < 1.29 is 9.63 Å². The Morgan fingerprint density at radius 1 is 1.35 bits per heavy atom. The number of carbonyl (C=O) groups is 1. The Labute approximate surface area is 102 Å². The molecule has 0 unspecified atom stereocenters. The van der Waals surface area contributed by atoms with Crippen LogP contribution in [0.25, 0.3) is 0 Å². The molecule has 0 aliphatic heterocycles. The van der Waals surface area contributed by atoms with Crippen molar-refractivity contribution in [3.8, 4) is 0 Å². The quantitative estimate of drug-likeness (QED) is 0.753. The first-order valence-corrected chi connectivity index (χ1v) is 5.63. The van der Waals surface area contributed by atoms with Gasteiger partial charge in [0, 0.05) is 18.9 Å². The van der Waals surface area contributed by atoms with Gasteiger partial charge < -0.3 is 4.84 Å². The topological polar surface area (TPSA) is 55.3 Å². The standard InChI is InChI=1S/C12H19N3O2/c1-6-11(16)17-15(5)10-8-7-9(13-14-10)12(2,3)4/h7-8H,6H2,1-5H3. The zero-order valence-electron chi connectivity index (χ0n) is 11.0. The van der Waals surface area contributed by atoms with Crippen molar-refractivity contribution in [1.29, 1.82) is 0 Å². The third-order valence-corrected chi connectivity index (χ3v) is 2.27. The molecule has 1 heterocycles. The molecule has 0 radical (unpaired) electrons. The van der Waals surface area contributed by atoms with Crippen LogP contribution in [0.4, 0.5) is 5.82 Å². The maximum Gasteiger partial charge on any atom is 0.332 e. The summed E-state index contributed by atoms with van der Waals surface area (Å²) in [5, 5.41) is 9.48. The van der Waals surface area contributed by atoms with E-state index in [0.29, 0.717) is 12.2 Å². The first-order chi connectivity index (χ1) is 7.84. The average Bonchev–Trinajstić information content (AvgIpc) is 2.27. The largest absolute Gasteiger partial charge is 0.340 e. The Balaban J connectivity index is 2.77. The van der Waals surface area contributed by atoms with E-state index in [1.807, 2.05) is 6.07 Å². The van der Waals surface area contributed by atoms with Crippen molar-refractivity contribution in [1.82, 2.24) is 10.2 Å². The molecule has 0 N–H and O–H groups in total. The third kappa shape index (κ3) is 3.69. The van der Waals surface area contributed by atoms with E-state index in [9.17, 15) is 4.79 Å². The lowest BCUT2D eigenvalue weighted by molar-refractivity contribution is -0.144. The zero-order chi connectivity index (χ0) is 13.1. The fourth-order valence-corrected chi connectivity index (χ4v) is 1.16. The van der Waals surface area contributed by atoms with Crippen molar-refractivity contribution in [2.75, 3.05) is 12.1 Å². The first-order valence-electron chi connectivity index (χ1n) is 5.63. The van der Waals surface area contributed by atoms with E-state index >= 15 is 0 Å². The maximum atomic E-state index is 11.1. The van der Waals surface area contributed by atoms with Gasteiger partial charge in [0.2, 0.25) is 0 Å². The molecule has 0 saturated heterocycles. The smallest absolute Gasteiger partial charge is 0.332 e. The lowest BCUT2D eigenvalue weighted by atomic mass is 9.92. The van der Waals surface area contributed by atoms with Crippen LogP contribution in [-0.4, -0.2) is 23.2 Å². The molecule has 1 rings (SSSR count). The molecule has 0 atom stereocenters. The van der Waals surface area contributed by atoms with Crippen LogP contribution in [0.5, 0.6) is 0 Å². The van der Waals surface area contributed by atoms with Gasteiger partial charge in [-0.25, -0.2) is 4.79 Å². The normalized spacial score (nSPS) is 11.1. The molecular weight excluding hydrogens is 218 g/mol. The lowest BCUT2D eigenvalue weighted by Crippen LogP contribution is -2.24. The summed E-state index contributed by atoms with van der Waals surface area (Å²) in [6.45, 7) is 7.94. The van der Waals surface area contributed by atoms with Gasteiger partial charge in [0.05, 0.1) is 5.69 Å². The Kier molecular flexibility index (Phi) is 4.04. The van der Waals surface area contributed by atoms with E-state index in [-0.39, 0.29) is 11.4 Å². The predicted molar refractivity (Wildman–Crippen MR) is 65.5 cm³/mol. The van der Waals surface area contributed by atoms with Gasteiger partial charge >= 0.3 is 5.97 Å². The van der Waals surface area contributed by atoms with Crippen LogP contribution in [-0.2, 0) is 15.0 Å². The van der Waals surface area contributed by atoms with Crippen molar-refractivity contribution in [3.05, 3.63) is 17.8 Å². The Morgan fingerprint density at radius 2 is 2.00 bits per heavy atom. The van der Waals surface area contributed by atoms with Crippen LogP contribution < -0.4 is 5.06 Å². The molecule has 1 aromatic heterocycles. The molecule has 0 aromatic carbocycles. The predicted octanol–water partition coefficient (Wildman–Crippen LogP) is 2.08. The van der Waals surface area contributed by atoms with Gasteiger partial charge in [0.15, 0.2) is 5.82 Å². The summed E-state index contributed by atoms with van der Waals surface area (Å²) in [5.74, 6) is 0.217. The van der Waals surface area contributed by atoms with Crippen LogP contribution in [0.15, 0.2) is 12.1 Å². The summed E-state index contributed by atoms with van der Waals surface area (Å²) in [5.41, 5.74) is 0.862. The number of aromatic nitrogens is 2. The molecule has 0 aliphatic rings. The molecule has 0 bridgehead atoms. The minimum atomic E-state index is -0.297. The SMILES string of the molecule is CCC(=O)ON(C)c1ccc(C(C)(C)C)nn1. The van der Waals surface area contributed by atoms with Crippen molar-refractivity contribution in [2.45, 2.75) is 39.5 Å². The summed E-state index contributed by atoms with van der Waals surface area (Å²) in [6.07, 6.45) is 0.331. The highest BCUT2D eigenvalue weighted by Crippen LogP contribution is 2.20. The summed E-state index contributed by atoms with van der Waals surface area (Å²) in [4.78, 5) is 16.1. The Bertz CT molecular complexity index is 382. The number of anilines is 1. The molecule has 1 aromatic rings. The third-order valence-electron chi connectivity index (χ3n) is 2.27. The van der Waals surface area contributed by atoms with Crippen LogP contribution in [0.3, 0.4) is 0 Å². The second kappa shape index (κ2) is 5.12. The van der Waals surface area contributed by atoms with Gasteiger partial charge in [-0.3, -0.25) is 0 Å². The van der Waals surface area contributed by atoms with E-state index in [1.165, 1.54) is 5.06 Å². The zero-order valence-corrected chi connectivity index (χ0v) is 11.0. The van der Waals surface area contributed by atoms with Gasteiger partial charge in [-0.2, -0.15) is 10.2 Å². The van der Waals surface area contributed by atoms with E-state index in [2.05, 4.69) is 31.0 Å². The maximum absolute atomic E-state index is 11.1. The molecule has 5 heteroatoms. The van der Waals surface area contributed by atoms with Crippen LogP contribution in [0.1, 0.15) is 39.8 Å². The minimum Gasteiger partial charge on any atom is -0.340 e.